The van der Waals surface area contributed by atoms with Crippen LogP contribution >= 0.6 is 0 Å². The number of nitrogens with zero attached hydrogens (tertiary/aromatic N) is 3. The molecular formula is C13H14N4O. The van der Waals surface area contributed by atoms with Crippen molar-refractivity contribution in [3.63, 3.8) is 0 Å². The zero-order valence-corrected chi connectivity index (χ0v) is 10.1. The van der Waals surface area contributed by atoms with Crippen LogP contribution in [0.2, 0.25) is 0 Å². The molecule has 18 heavy (non-hydrogen) atoms. The molecule has 0 spiro atoms. The van der Waals surface area contributed by atoms with Crippen molar-refractivity contribution < 1.29 is 4.79 Å². The number of hydrogen-bond acceptors (Lipinski definition) is 4. The van der Waals surface area contributed by atoms with Gasteiger partial charge in [-0.05, 0) is 19.4 Å². The minimum atomic E-state index is -0.468. The second-order valence-electron chi connectivity index (χ2n) is 4.65. The van der Waals surface area contributed by atoms with E-state index in [2.05, 4.69) is 21.8 Å². The van der Waals surface area contributed by atoms with Crippen molar-refractivity contribution in [3.8, 4) is 0 Å². The fourth-order valence-electron chi connectivity index (χ4n) is 2.16. The molecule has 1 aliphatic heterocycles. The van der Waals surface area contributed by atoms with E-state index in [0.717, 1.165) is 23.3 Å². The van der Waals surface area contributed by atoms with Gasteiger partial charge in [0.05, 0.1) is 11.1 Å². The number of primary amides is 1. The maximum Gasteiger partial charge on any atom is 0.250 e. The zero-order chi connectivity index (χ0) is 12.7. The van der Waals surface area contributed by atoms with Crippen LogP contribution in [0.1, 0.15) is 23.7 Å². The Labute approximate surface area is 105 Å². The second kappa shape index (κ2) is 3.94. The first-order chi connectivity index (χ1) is 8.65. The number of rotatable bonds is 2. The Balaban J connectivity index is 2.03. The summed E-state index contributed by atoms with van der Waals surface area (Å²) >= 11 is 0. The van der Waals surface area contributed by atoms with Crippen molar-refractivity contribution in [2.24, 2.45) is 5.73 Å². The van der Waals surface area contributed by atoms with Crippen LogP contribution in [0.3, 0.4) is 0 Å². The van der Waals surface area contributed by atoms with Gasteiger partial charge >= 0.3 is 0 Å². The third kappa shape index (κ3) is 1.68. The molecule has 1 saturated heterocycles. The van der Waals surface area contributed by atoms with Crippen molar-refractivity contribution in [3.05, 3.63) is 30.1 Å². The number of hydrogen-bond donors (Lipinski definition) is 1. The highest BCUT2D eigenvalue weighted by Gasteiger charge is 2.24. The Hall–Kier alpha value is -2.17. The number of carbonyl (C=O) groups is 1. The van der Waals surface area contributed by atoms with E-state index in [9.17, 15) is 4.79 Å². The summed E-state index contributed by atoms with van der Waals surface area (Å²) in [5.41, 5.74) is 6.47. The maximum atomic E-state index is 11.1. The van der Waals surface area contributed by atoms with Crippen LogP contribution in [0, 0.1) is 0 Å². The minimum Gasteiger partial charge on any atom is -0.366 e. The van der Waals surface area contributed by atoms with Gasteiger partial charge in [-0.3, -0.25) is 9.78 Å². The number of pyridine rings is 2. The molecule has 92 valence electrons. The molecule has 1 atom stereocenters. The molecular weight excluding hydrogens is 228 g/mol. The van der Waals surface area contributed by atoms with Crippen molar-refractivity contribution >= 4 is 22.6 Å². The Bertz CT molecular complexity index is 625. The lowest BCUT2D eigenvalue weighted by molar-refractivity contribution is 0.1000. The summed E-state index contributed by atoms with van der Waals surface area (Å²) in [6.07, 6.45) is 4.46. The summed E-state index contributed by atoms with van der Waals surface area (Å²) < 4.78 is 0. The van der Waals surface area contributed by atoms with E-state index in [-0.39, 0.29) is 0 Å². The van der Waals surface area contributed by atoms with Gasteiger partial charge in [-0.1, -0.05) is 0 Å². The molecule has 2 aromatic rings. The van der Waals surface area contributed by atoms with E-state index >= 15 is 0 Å². The summed E-state index contributed by atoms with van der Waals surface area (Å²) in [4.78, 5) is 22.0. The lowest BCUT2D eigenvalue weighted by Crippen LogP contribution is -2.46. The molecule has 2 aromatic heterocycles. The normalized spacial score (nSPS) is 18.7. The van der Waals surface area contributed by atoms with Gasteiger partial charge in [-0.15, -0.1) is 0 Å². The number of carbonyl (C=O) groups excluding carboxylic acids is 1. The molecule has 5 heteroatoms. The van der Waals surface area contributed by atoms with Gasteiger partial charge in [0, 0.05) is 36.4 Å². The predicted molar refractivity (Wildman–Crippen MR) is 69.5 cm³/mol. The molecule has 0 radical (unpaired) electrons. The Morgan fingerprint density at radius 3 is 2.83 bits per heavy atom. The highest BCUT2D eigenvalue weighted by atomic mass is 16.1. The molecule has 1 fully saturated rings. The monoisotopic (exact) mass is 242 g/mol. The van der Waals surface area contributed by atoms with Crippen LogP contribution < -0.4 is 10.6 Å². The van der Waals surface area contributed by atoms with Gasteiger partial charge in [0.2, 0.25) is 5.91 Å². The van der Waals surface area contributed by atoms with Crippen LogP contribution in [-0.4, -0.2) is 28.5 Å². The number of nitrogens with two attached hydrogens (primary N) is 1. The van der Waals surface area contributed by atoms with Crippen LogP contribution in [0.4, 0.5) is 5.82 Å². The number of fused-ring (bicyclic) bond motifs is 1. The smallest absolute Gasteiger partial charge is 0.250 e. The quantitative estimate of drug-likeness (QED) is 0.862. The third-order valence-corrected chi connectivity index (χ3v) is 3.45. The van der Waals surface area contributed by atoms with Gasteiger partial charge in [0.15, 0.2) is 0 Å². The summed E-state index contributed by atoms with van der Waals surface area (Å²) in [5.74, 6) is 0.477. The predicted octanol–water partition coefficient (Wildman–Crippen LogP) is 1.33. The molecule has 1 aliphatic rings. The largest absolute Gasteiger partial charge is 0.366 e. The van der Waals surface area contributed by atoms with Gasteiger partial charge in [0.1, 0.15) is 5.82 Å². The summed E-state index contributed by atoms with van der Waals surface area (Å²) in [6, 6.07) is 4.22. The van der Waals surface area contributed by atoms with Crippen LogP contribution in [0.15, 0.2) is 24.5 Å². The number of aromatic nitrogens is 2. The topological polar surface area (TPSA) is 72.1 Å². The van der Waals surface area contributed by atoms with Crippen LogP contribution in [0.5, 0.6) is 0 Å². The SMILES string of the molecule is C[C@H]1CCN1c1cc2ncc(C(N)=O)cc2cn1. The van der Waals surface area contributed by atoms with Crippen molar-refractivity contribution in [2.45, 2.75) is 19.4 Å². The third-order valence-electron chi connectivity index (χ3n) is 3.45. The van der Waals surface area contributed by atoms with E-state index in [1.54, 1.807) is 12.3 Å². The van der Waals surface area contributed by atoms with E-state index in [1.807, 2.05) is 6.07 Å². The molecule has 0 unspecified atom stereocenters. The summed E-state index contributed by atoms with van der Waals surface area (Å²) in [7, 11) is 0. The van der Waals surface area contributed by atoms with Gasteiger partial charge in [-0.2, -0.15) is 0 Å². The highest BCUT2D eigenvalue weighted by Crippen LogP contribution is 2.26. The van der Waals surface area contributed by atoms with Crippen molar-refractivity contribution in [1.82, 2.24) is 9.97 Å². The Kier molecular flexibility index (Phi) is 2.40. The van der Waals surface area contributed by atoms with Crippen molar-refractivity contribution in [1.29, 1.82) is 0 Å². The number of amides is 1. The van der Waals surface area contributed by atoms with E-state index in [4.69, 9.17) is 5.73 Å². The lowest BCUT2D eigenvalue weighted by atomic mass is 10.1. The first-order valence-corrected chi connectivity index (χ1v) is 5.97. The van der Waals surface area contributed by atoms with Crippen LogP contribution in [0.25, 0.3) is 10.9 Å². The first kappa shape index (κ1) is 11.0. The molecule has 0 aromatic carbocycles. The molecule has 0 bridgehead atoms. The van der Waals surface area contributed by atoms with Crippen molar-refractivity contribution in [2.75, 3.05) is 11.4 Å². The molecule has 3 heterocycles. The maximum absolute atomic E-state index is 11.1. The first-order valence-electron chi connectivity index (χ1n) is 5.97. The molecule has 0 saturated carbocycles. The fraction of sp³-hybridized carbons (Fsp3) is 0.308. The molecule has 2 N–H and O–H groups in total. The zero-order valence-electron chi connectivity index (χ0n) is 10.1. The second-order valence-corrected chi connectivity index (χ2v) is 4.65. The Morgan fingerprint density at radius 2 is 2.22 bits per heavy atom. The van der Waals surface area contributed by atoms with E-state index in [1.165, 1.54) is 12.6 Å². The lowest BCUT2D eigenvalue weighted by Gasteiger charge is -2.39. The van der Waals surface area contributed by atoms with Gasteiger partial charge < -0.3 is 10.6 Å². The van der Waals surface area contributed by atoms with E-state index < -0.39 is 5.91 Å². The molecule has 3 rings (SSSR count). The van der Waals surface area contributed by atoms with Gasteiger partial charge in [0.25, 0.3) is 0 Å². The van der Waals surface area contributed by atoms with Crippen LogP contribution in [-0.2, 0) is 0 Å². The molecule has 1 amide bonds. The average Bonchev–Trinajstić information content (AvgIpc) is 2.36. The molecule has 0 aliphatic carbocycles. The molecule has 5 nitrogen and oxygen atoms in total. The standard InChI is InChI=1S/C13H14N4O/c1-8-2-3-17(8)12-5-11-9(6-16-12)4-10(7-15-11)13(14)18/h4-8H,2-3H2,1H3,(H2,14,18)/t8-/m0/s1. The number of anilines is 1. The summed E-state index contributed by atoms with van der Waals surface area (Å²) in [6.45, 7) is 3.22. The average molecular weight is 242 g/mol. The Morgan fingerprint density at radius 1 is 1.39 bits per heavy atom. The summed E-state index contributed by atoms with van der Waals surface area (Å²) in [5, 5.41) is 0.836. The van der Waals surface area contributed by atoms with E-state index in [0.29, 0.717) is 11.6 Å². The minimum absolute atomic E-state index is 0.411. The van der Waals surface area contributed by atoms with Gasteiger partial charge in [-0.25, -0.2) is 4.98 Å². The fourth-order valence-corrected chi connectivity index (χ4v) is 2.16. The highest BCUT2D eigenvalue weighted by molar-refractivity contribution is 5.96.